The van der Waals surface area contributed by atoms with Gasteiger partial charge in [-0.05, 0) is 12.0 Å². The van der Waals surface area contributed by atoms with Gasteiger partial charge in [0.15, 0.2) is 0 Å². The van der Waals surface area contributed by atoms with Crippen LogP contribution in [0.5, 0.6) is 0 Å². The molecule has 0 aromatic carbocycles. The molecule has 1 unspecified atom stereocenters. The lowest BCUT2D eigenvalue weighted by Gasteiger charge is -2.29. The molecular weight excluding hydrogens is 286 g/mol. The number of hydrogen-bond donors (Lipinski definition) is 0. The molecule has 4 nitrogen and oxygen atoms in total. The monoisotopic (exact) mass is 305 g/mol. The van der Waals surface area contributed by atoms with Crippen molar-refractivity contribution >= 4 is 23.1 Å². The summed E-state index contributed by atoms with van der Waals surface area (Å²) >= 11 is 5.45. The third kappa shape index (κ3) is 3.61. The first-order valence-electron chi connectivity index (χ1n) is 6.83. The van der Waals surface area contributed by atoms with Gasteiger partial charge in [0, 0.05) is 28.8 Å². The number of carbonyl (C=O) groups is 1. The van der Waals surface area contributed by atoms with Gasteiger partial charge in [-0.2, -0.15) is 0 Å². The third-order valence-electron chi connectivity index (χ3n) is 3.40. The van der Waals surface area contributed by atoms with Crippen molar-refractivity contribution in [2.45, 2.75) is 13.8 Å². The van der Waals surface area contributed by atoms with Crippen LogP contribution in [0.15, 0.2) is 48.2 Å². The smallest absolute Gasteiger partial charge is 0.325 e. The fourth-order valence-electron chi connectivity index (χ4n) is 2.39. The third-order valence-corrected chi connectivity index (χ3v) is 3.79. The number of hydrogen-bond acceptors (Lipinski definition) is 5. The first kappa shape index (κ1) is 15.5. The van der Waals surface area contributed by atoms with E-state index in [1.54, 1.807) is 23.6 Å². The Kier molecular flexibility index (Phi) is 4.96. The molecule has 0 spiro atoms. The topological polar surface area (TPSA) is 38.8 Å². The predicted molar refractivity (Wildman–Crippen MR) is 85.2 cm³/mol. The molecule has 112 valence electrons. The molecule has 1 atom stereocenters. The number of rotatable bonds is 4. The van der Waals surface area contributed by atoms with E-state index in [0.717, 1.165) is 10.4 Å². The Labute approximate surface area is 130 Å². The Morgan fingerprint density at radius 3 is 2.95 bits per heavy atom. The van der Waals surface area contributed by atoms with Gasteiger partial charge in [-0.1, -0.05) is 38.2 Å². The van der Waals surface area contributed by atoms with Gasteiger partial charge in [0.25, 0.3) is 0 Å². The van der Waals surface area contributed by atoms with Gasteiger partial charge in [0.2, 0.25) is 0 Å². The average Bonchev–Trinajstić information content (AvgIpc) is 2.46. The van der Waals surface area contributed by atoms with Gasteiger partial charge in [-0.3, -0.25) is 4.79 Å². The minimum absolute atomic E-state index is 0.141. The van der Waals surface area contributed by atoms with E-state index >= 15 is 0 Å². The van der Waals surface area contributed by atoms with E-state index in [9.17, 15) is 4.79 Å². The van der Waals surface area contributed by atoms with Crippen LogP contribution in [0.25, 0.3) is 0 Å². The van der Waals surface area contributed by atoms with Crippen molar-refractivity contribution in [2.75, 3.05) is 13.7 Å². The summed E-state index contributed by atoms with van der Waals surface area (Å²) in [5, 5.41) is 0. The van der Waals surface area contributed by atoms with E-state index in [0.29, 0.717) is 11.7 Å². The summed E-state index contributed by atoms with van der Waals surface area (Å²) in [5.41, 5.74) is 1.04. The van der Waals surface area contributed by atoms with Crippen LogP contribution in [0.1, 0.15) is 13.8 Å². The van der Waals surface area contributed by atoms with E-state index in [-0.39, 0.29) is 18.4 Å². The molecule has 0 radical (unpaired) electrons. The van der Waals surface area contributed by atoms with Crippen LogP contribution in [0, 0.1) is 11.8 Å². The molecule has 0 bridgehead atoms. The summed E-state index contributed by atoms with van der Waals surface area (Å²) in [6, 6.07) is 0. The van der Waals surface area contributed by atoms with Gasteiger partial charge >= 0.3 is 5.97 Å². The molecular formula is C16H19NO3S. The number of esters is 1. The van der Waals surface area contributed by atoms with Gasteiger partial charge in [0.1, 0.15) is 18.6 Å². The van der Waals surface area contributed by atoms with Gasteiger partial charge in [-0.15, -0.1) is 0 Å². The standard InChI is InChI=1S/C16H19NO3S/c1-11(2)16-12(5-4-6-14(16)21)13-9-17(7-8-20-13)10-15(18)19-3/h4-9,11,16H,10H2,1-3H3. The van der Waals surface area contributed by atoms with E-state index in [2.05, 4.69) is 18.6 Å². The second kappa shape index (κ2) is 6.72. The second-order valence-electron chi connectivity index (χ2n) is 5.25. The Balaban J connectivity index is 2.23. The van der Waals surface area contributed by atoms with Gasteiger partial charge < -0.3 is 14.4 Å². The van der Waals surface area contributed by atoms with Crippen molar-refractivity contribution in [3.8, 4) is 0 Å². The molecule has 1 aliphatic heterocycles. The van der Waals surface area contributed by atoms with Crippen LogP contribution in [0.2, 0.25) is 0 Å². The van der Waals surface area contributed by atoms with E-state index < -0.39 is 0 Å². The van der Waals surface area contributed by atoms with Crippen molar-refractivity contribution in [2.24, 2.45) is 11.8 Å². The highest BCUT2D eigenvalue weighted by Gasteiger charge is 2.28. The maximum absolute atomic E-state index is 11.4. The maximum atomic E-state index is 11.4. The Morgan fingerprint density at radius 1 is 1.52 bits per heavy atom. The van der Waals surface area contributed by atoms with E-state index in [1.807, 2.05) is 18.2 Å². The molecule has 0 aromatic rings. The van der Waals surface area contributed by atoms with Crippen molar-refractivity contribution in [3.05, 3.63) is 48.2 Å². The largest absolute Gasteiger partial charge is 0.468 e. The Hall–Kier alpha value is -1.88. The van der Waals surface area contributed by atoms with E-state index in [4.69, 9.17) is 17.0 Å². The molecule has 2 aliphatic rings. The van der Waals surface area contributed by atoms with Crippen LogP contribution in [0.4, 0.5) is 0 Å². The highest BCUT2D eigenvalue weighted by Crippen LogP contribution is 2.33. The Bertz CT molecular complexity index is 558. The van der Waals surface area contributed by atoms with Crippen LogP contribution in [-0.2, 0) is 14.3 Å². The molecule has 1 heterocycles. The lowest BCUT2D eigenvalue weighted by atomic mass is 9.81. The van der Waals surface area contributed by atoms with Crippen LogP contribution < -0.4 is 0 Å². The maximum Gasteiger partial charge on any atom is 0.325 e. The van der Waals surface area contributed by atoms with Gasteiger partial charge in [-0.25, -0.2) is 0 Å². The van der Waals surface area contributed by atoms with Crippen molar-refractivity contribution in [1.82, 2.24) is 4.90 Å². The summed E-state index contributed by atoms with van der Waals surface area (Å²) in [5.74, 6) is 0.929. The molecule has 5 heteroatoms. The van der Waals surface area contributed by atoms with Crippen LogP contribution in [-0.4, -0.2) is 29.4 Å². The summed E-state index contributed by atoms with van der Waals surface area (Å²) in [6.07, 6.45) is 11.0. The zero-order valence-corrected chi connectivity index (χ0v) is 13.2. The minimum Gasteiger partial charge on any atom is -0.468 e. The molecule has 0 saturated heterocycles. The summed E-state index contributed by atoms with van der Waals surface area (Å²) < 4.78 is 10.3. The van der Waals surface area contributed by atoms with Crippen molar-refractivity contribution < 1.29 is 14.3 Å². The summed E-state index contributed by atoms with van der Waals surface area (Å²) in [4.78, 5) is 14.0. The summed E-state index contributed by atoms with van der Waals surface area (Å²) in [7, 11) is 1.37. The van der Waals surface area contributed by atoms with Crippen molar-refractivity contribution in [3.63, 3.8) is 0 Å². The van der Waals surface area contributed by atoms with E-state index in [1.165, 1.54) is 7.11 Å². The highest BCUT2D eigenvalue weighted by atomic mass is 32.1. The SMILES string of the molecule is COC(=O)CN1C=COC(C2=CC=CC(=S)C2C(C)C)=C1. The number of thiocarbonyl (C=S) groups is 1. The predicted octanol–water partition coefficient (Wildman–Crippen LogP) is 2.94. The quantitative estimate of drug-likeness (QED) is 0.590. The van der Waals surface area contributed by atoms with Crippen molar-refractivity contribution in [1.29, 1.82) is 0 Å². The molecule has 0 saturated carbocycles. The molecule has 1 aliphatic carbocycles. The normalized spacial score (nSPS) is 21.0. The van der Waals surface area contributed by atoms with Crippen LogP contribution in [0.3, 0.4) is 0 Å². The molecule has 0 aromatic heterocycles. The molecule has 0 amide bonds. The number of ether oxygens (including phenoxy) is 2. The molecule has 2 rings (SSSR count). The highest BCUT2D eigenvalue weighted by molar-refractivity contribution is 7.80. The molecule has 0 fully saturated rings. The first-order valence-corrected chi connectivity index (χ1v) is 7.24. The molecule has 0 N–H and O–H groups in total. The zero-order valence-electron chi connectivity index (χ0n) is 12.4. The summed E-state index contributed by atoms with van der Waals surface area (Å²) in [6.45, 7) is 4.42. The lowest BCUT2D eigenvalue weighted by molar-refractivity contribution is -0.140. The average molecular weight is 305 g/mol. The first-order chi connectivity index (χ1) is 10.0. The zero-order chi connectivity index (χ0) is 15.4. The fourth-order valence-corrected chi connectivity index (χ4v) is 2.87. The fraction of sp³-hybridized carbons (Fsp3) is 0.375. The number of carbonyl (C=O) groups excluding carboxylic acids is 1. The number of allylic oxidation sites excluding steroid dienone is 4. The number of methoxy groups -OCH3 is 1. The molecule has 21 heavy (non-hydrogen) atoms. The Morgan fingerprint density at radius 2 is 2.29 bits per heavy atom. The van der Waals surface area contributed by atoms with Crippen LogP contribution >= 0.6 is 12.2 Å². The minimum atomic E-state index is -0.300. The second-order valence-corrected chi connectivity index (χ2v) is 5.72. The van der Waals surface area contributed by atoms with Gasteiger partial charge in [0.05, 0.1) is 7.11 Å². The lowest BCUT2D eigenvalue weighted by Crippen LogP contribution is -2.27. The number of nitrogens with zero attached hydrogens (tertiary/aromatic N) is 1.